The van der Waals surface area contributed by atoms with Gasteiger partial charge < -0.3 is 14.2 Å². The molecule has 0 aromatic heterocycles. The zero-order valence-corrected chi connectivity index (χ0v) is 12.9. The van der Waals surface area contributed by atoms with Crippen molar-refractivity contribution in [2.45, 2.75) is 18.8 Å². The number of benzene rings is 1. The molecule has 0 N–H and O–H groups in total. The van der Waals surface area contributed by atoms with Crippen LogP contribution < -0.4 is 9.47 Å². The SMILES string of the molecule is COc1ccc(CN2C(=O)[C@@H]3[C@H](C2=O)[C@H]2C=C[C@@H]3O2)cc1OC. The van der Waals surface area contributed by atoms with E-state index < -0.39 is 0 Å². The van der Waals surface area contributed by atoms with E-state index in [0.717, 1.165) is 5.56 Å². The van der Waals surface area contributed by atoms with Crippen LogP contribution in [0.1, 0.15) is 5.56 Å². The van der Waals surface area contributed by atoms with Crippen LogP contribution >= 0.6 is 0 Å². The first-order valence-corrected chi connectivity index (χ1v) is 7.54. The molecule has 4 rings (SSSR count). The van der Waals surface area contributed by atoms with Crippen LogP contribution in [0.5, 0.6) is 11.5 Å². The van der Waals surface area contributed by atoms with Gasteiger partial charge in [0.25, 0.3) is 0 Å². The summed E-state index contributed by atoms with van der Waals surface area (Å²) in [6.07, 6.45) is 3.27. The van der Waals surface area contributed by atoms with Crippen LogP contribution in [0.4, 0.5) is 0 Å². The number of rotatable bonds is 4. The molecule has 2 bridgehead atoms. The molecule has 3 heterocycles. The Kier molecular flexibility index (Phi) is 3.16. The highest BCUT2D eigenvalue weighted by Crippen LogP contribution is 2.45. The van der Waals surface area contributed by atoms with Gasteiger partial charge in [-0.25, -0.2) is 0 Å². The maximum Gasteiger partial charge on any atom is 0.236 e. The summed E-state index contributed by atoms with van der Waals surface area (Å²) in [6.45, 7) is 0.241. The quantitative estimate of drug-likeness (QED) is 0.616. The van der Waals surface area contributed by atoms with Crippen LogP contribution in [-0.2, 0) is 20.9 Å². The van der Waals surface area contributed by atoms with E-state index >= 15 is 0 Å². The van der Waals surface area contributed by atoms with Crippen molar-refractivity contribution in [3.8, 4) is 11.5 Å². The maximum absolute atomic E-state index is 12.6. The summed E-state index contributed by atoms with van der Waals surface area (Å²) < 4.78 is 16.1. The van der Waals surface area contributed by atoms with E-state index in [0.29, 0.717) is 11.5 Å². The van der Waals surface area contributed by atoms with Crippen molar-refractivity contribution in [1.82, 2.24) is 4.90 Å². The Morgan fingerprint density at radius 2 is 1.61 bits per heavy atom. The molecule has 0 saturated carbocycles. The highest BCUT2D eigenvalue weighted by Gasteiger charge is 2.60. The molecule has 0 spiro atoms. The normalized spacial score (nSPS) is 31.0. The average molecular weight is 315 g/mol. The van der Waals surface area contributed by atoms with Gasteiger partial charge in [-0.1, -0.05) is 18.2 Å². The number of imide groups is 1. The summed E-state index contributed by atoms with van der Waals surface area (Å²) in [5.74, 6) is 0.172. The second-order valence-electron chi connectivity index (χ2n) is 5.95. The average Bonchev–Trinajstić information content (AvgIpc) is 3.24. The molecule has 1 aromatic carbocycles. The second-order valence-corrected chi connectivity index (χ2v) is 5.95. The predicted molar refractivity (Wildman–Crippen MR) is 79.9 cm³/mol. The Morgan fingerprint density at radius 1 is 1.00 bits per heavy atom. The highest BCUT2D eigenvalue weighted by atomic mass is 16.5. The minimum absolute atomic E-state index is 0.147. The van der Waals surface area contributed by atoms with Gasteiger partial charge in [-0.05, 0) is 17.7 Å². The van der Waals surface area contributed by atoms with Crippen molar-refractivity contribution in [2.75, 3.05) is 14.2 Å². The number of hydrogen-bond donors (Lipinski definition) is 0. The number of amides is 2. The molecular weight excluding hydrogens is 298 g/mol. The van der Waals surface area contributed by atoms with Crippen LogP contribution in [0, 0.1) is 11.8 Å². The molecule has 1 aromatic rings. The predicted octanol–water partition coefficient (Wildman–Crippen LogP) is 1.14. The molecule has 23 heavy (non-hydrogen) atoms. The minimum atomic E-state index is -0.363. The molecule has 6 nitrogen and oxygen atoms in total. The highest BCUT2D eigenvalue weighted by molar-refractivity contribution is 6.06. The van der Waals surface area contributed by atoms with Crippen molar-refractivity contribution < 1.29 is 23.8 Å². The van der Waals surface area contributed by atoms with E-state index in [1.165, 1.54) is 4.90 Å². The van der Waals surface area contributed by atoms with Gasteiger partial charge in [0.1, 0.15) is 0 Å². The zero-order valence-electron chi connectivity index (χ0n) is 12.9. The first-order chi connectivity index (χ1) is 11.1. The monoisotopic (exact) mass is 315 g/mol. The molecule has 0 unspecified atom stereocenters. The number of ether oxygens (including phenoxy) is 3. The molecule has 6 heteroatoms. The molecular formula is C17H17NO5. The van der Waals surface area contributed by atoms with Gasteiger partial charge in [-0.3, -0.25) is 14.5 Å². The lowest BCUT2D eigenvalue weighted by Crippen LogP contribution is -2.33. The maximum atomic E-state index is 12.6. The van der Waals surface area contributed by atoms with Crippen molar-refractivity contribution in [3.05, 3.63) is 35.9 Å². The number of hydrogen-bond acceptors (Lipinski definition) is 5. The lowest BCUT2D eigenvalue weighted by Gasteiger charge is -2.18. The summed E-state index contributed by atoms with van der Waals surface area (Å²) in [5, 5.41) is 0. The fourth-order valence-electron chi connectivity index (χ4n) is 3.68. The fraction of sp³-hybridized carbons (Fsp3) is 0.412. The molecule has 2 fully saturated rings. The number of fused-ring (bicyclic) bond motifs is 5. The molecule has 0 radical (unpaired) electrons. The van der Waals surface area contributed by atoms with Crippen molar-refractivity contribution >= 4 is 11.8 Å². The van der Waals surface area contributed by atoms with E-state index in [9.17, 15) is 9.59 Å². The zero-order chi connectivity index (χ0) is 16.1. The smallest absolute Gasteiger partial charge is 0.236 e. The number of likely N-dealkylation sites (tertiary alicyclic amines) is 1. The number of carbonyl (C=O) groups excluding carboxylic acids is 2. The van der Waals surface area contributed by atoms with Gasteiger partial charge in [0.05, 0.1) is 44.8 Å². The molecule has 2 amide bonds. The Labute approximate surface area is 133 Å². The summed E-state index contributed by atoms with van der Waals surface area (Å²) in [6, 6.07) is 5.39. The van der Waals surface area contributed by atoms with Gasteiger partial charge >= 0.3 is 0 Å². The Morgan fingerprint density at radius 3 is 2.17 bits per heavy atom. The Hall–Kier alpha value is -2.34. The van der Waals surface area contributed by atoms with Crippen LogP contribution in [0.3, 0.4) is 0 Å². The topological polar surface area (TPSA) is 65.1 Å². The van der Waals surface area contributed by atoms with E-state index in [-0.39, 0.29) is 42.4 Å². The largest absolute Gasteiger partial charge is 0.493 e. The van der Waals surface area contributed by atoms with Gasteiger partial charge in [0.15, 0.2) is 11.5 Å². The third-order valence-corrected chi connectivity index (χ3v) is 4.79. The van der Waals surface area contributed by atoms with E-state index in [2.05, 4.69) is 0 Å². The number of methoxy groups -OCH3 is 2. The fourth-order valence-corrected chi connectivity index (χ4v) is 3.68. The summed E-state index contributed by atoms with van der Waals surface area (Å²) in [7, 11) is 3.12. The molecule has 4 atom stereocenters. The first kappa shape index (κ1) is 14.3. The van der Waals surface area contributed by atoms with Crippen molar-refractivity contribution in [1.29, 1.82) is 0 Å². The lowest BCUT2D eigenvalue weighted by molar-refractivity contribution is -0.143. The van der Waals surface area contributed by atoms with E-state index in [1.54, 1.807) is 26.4 Å². The van der Waals surface area contributed by atoms with E-state index in [4.69, 9.17) is 14.2 Å². The summed E-state index contributed by atoms with van der Waals surface area (Å²) in [4.78, 5) is 26.5. The van der Waals surface area contributed by atoms with Crippen LogP contribution in [0.15, 0.2) is 30.4 Å². The summed E-state index contributed by atoms with van der Waals surface area (Å²) >= 11 is 0. The Bertz CT molecular complexity index is 683. The number of nitrogens with zero attached hydrogens (tertiary/aromatic N) is 1. The lowest BCUT2D eigenvalue weighted by atomic mass is 9.85. The first-order valence-electron chi connectivity index (χ1n) is 7.54. The van der Waals surface area contributed by atoms with Crippen LogP contribution in [0.2, 0.25) is 0 Å². The molecule has 3 aliphatic rings. The molecule has 0 aliphatic carbocycles. The number of carbonyl (C=O) groups is 2. The molecule has 2 saturated heterocycles. The molecule has 3 aliphatic heterocycles. The summed E-state index contributed by atoms with van der Waals surface area (Å²) in [5.41, 5.74) is 0.825. The second kappa shape index (κ2) is 5.09. The van der Waals surface area contributed by atoms with Gasteiger partial charge in [0.2, 0.25) is 11.8 Å². The van der Waals surface area contributed by atoms with Crippen molar-refractivity contribution in [2.24, 2.45) is 11.8 Å². The minimum Gasteiger partial charge on any atom is -0.493 e. The van der Waals surface area contributed by atoms with Crippen LogP contribution in [-0.4, -0.2) is 43.1 Å². The third kappa shape index (κ3) is 1.98. The van der Waals surface area contributed by atoms with Gasteiger partial charge in [-0.15, -0.1) is 0 Å². The third-order valence-electron chi connectivity index (χ3n) is 4.79. The van der Waals surface area contributed by atoms with Gasteiger partial charge in [-0.2, -0.15) is 0 Å². The van der Waals surface area contributed by atoms with Crippen LogP contribution in [0.25, 0.3) is 0 Å². The van der Waals surface area contributed by atoms with E-state index in [1.807, 2.05) is 18.2 Å². The molecule has 120 valence electrons. The Balaban J connectivity index is 1.58. The van der Waals surface area contributed by atoms with Crippen molar-refractivity contribution in [3.63, 3.8) is 0 Å². The van der Waals surface area contributed by atoms with Gasteiger partial charge in [0, 0.05) is 0 Å². The standard InChI is InChI=1S/C17H17NO5/c1-21-10-4-3-9(7-13(10)22-2)8-18-16(19)14-11-5-6-12(23-11)15(14)17(18)20/h3-7,11-12,14-15H,8H2,1-2H3/t11-,12+,14-,15+.